The lowest BCUT2D eigenvalue weighted by Crippen LogP contribution is -2.23. The van der Waals surface area contributed by atoms with Crippen molar-refractivity contribution < 1.29 is 9.18 Å². The van der Waals surface area contributed by atoms with Crippen molar-refractivity contribution in [1.29, 1.82) is 0 Å². The Morgan fingerprint density at radius 1 is 1.26 bits per heavy atom. The van der Waals surface area contributed by atoms with Crippen LogP contribution in [-0.4, -0.2) is 5.91 Å². The number of benzene rings is 2. The number of halogens is 1. The Balaban J connectivity index is 2.05. The molecule has 0 bridgehead atoms. The fourth-order valence-corrected chi connectivity index (χ4v) is 1.85. The first-order valence-corrected chi connectivity index (χ1v) is 5.94. The number of carbonyl (C=O) groups excluding carboxylic acids is 1. The minimum atomic E-state index is -0.513. The quantitative estimate of drug-likeness (QED) is 0.831. The van der Waals surface area contributed by atoms with E-state index in [0.717, 1.165) is 11.1 Å². The number of amides is 1. The number of nitrogens with one attached hydrogen (secondary N) is 1. The second kappa shape index (κ2) is 5.52. The monoisotopic (exact) mass is 258 g/mol. The number of aryl methyl sites for hydroxylation is 1. The van der Waals surface area contributed by atoms with Crippen molar-refractivity contribution in [3.8, 4) is 0 Å². The van der Waals surface area contributed by atoms with E-state index in [9.17, 15) is 9.18 Å². The summed E-state index contributed by atoms with van der Waals surface area (Å²) in [6.07, 6.45) is 0. The first kappa shape index (κ1) is 13.1. The average molecular weight is 258 g/mol. The van der Waals surface area contributed by atoms with Crippen molar-refractivity contribution in [3.63, 3.8) is 0 Å². The van der Waals surface area contributed by atoms with Gasteiger partial charge in [-0.25, -0.2) is 4.39 Å². The molecule has 0 unspecified atom stereocenters. The van der Waals surface area contributed by atoms with E-state index in [4.69, 9.17) is 5.73 Å². The first-order chi connectivity index (χ1) is 9.04. The molecule has 2 aromatic rings. The lowest BCUT2D eigenvalue weighted by molar-refractivity contribution is 0.0950. The molecule has 0 fully saturated rings. The number of hydrogen-bond donors (Lipinski definition) is 2. The summed E-state index contributed by atoms with van der Waals surface area (Å²) in [6.45, 7) is 2.38. The molecule has 0 atom stereocenters. The van der Waals surface area contributed by atoms with Gasteiger partial charge >= 0.3 is 0 Å². The lowest BCUT2D eigenvalue weighted by atomic mass is 10.1. The van der Waals surface area contributed by atoms with E-state index >= 15 is 0 Å². The Hall–Kier alpha value is -2.36. The summed E-state index contributed by atoms with van der Waals surface area (Å²) in [7, 11) is 0. The van der Waals surface area contributed by atoms with E-state index in [1.807, 2.05) is 31.2 Å². The van der Waals surface area contributed by atoms with Crippen molar-refractivity contribution in [1.82, 2.24) is 5.32 Å². The van der Waals surface area contributed by atoms with Crippen molar-refractivity contribution in [2.45, 2.75) is 13.5 Å². The molecule has 0 aliphatic rings. The first-order valence-electron chi connectivity index (χ1n) is 5.94. The topological polar surface area (TPSA) is 55.1 Å². The number of carbonyl (C=O) groups is 1. The average Bonchev–Trinajstić information content (AvgIpc) is 2.35. The van der Waals surface area contributed by atoms with Gasteiger partial charge in [0.2, 0.25) is 0 Å². The van der Waals surface area contributed by atoms with Gasteiger partial charge in [-0.05, 0) is 30.7 Å². The number of anilines is 1. The normalized spacial score (nSPS) is 10.2. The summed E-state index contributed by atoms with van der Waals surface area (Å²) in [5.74, 6) is -0.853. The Morgan fingerprint density at radius 2 is 2.05 bits per heavy atom. The number of nitrogen functional groups attached to an aromatic ring is 1. The van der Waals surface area contributed by atoms with Gasteiger partial charge in [-0.2, -0.15) is 0 Å². The molecule has 3 nitrogen and oxygen atoms in total. The molecular weight excluding hydrogens is 243 g/mol. The summed E-state index contributed by atoms with van der Waals surface area (Å²) in [5, 5.41) is 2.74. The van der Waals surface area contributed by atoms with E-state index in [1.165, 1.54) is 18.2 Å². The molecule has 0 aliphatic heterocycles. The van der Waals surface area contributed by atoms with Crippen molar-refractivity contribution in [2.75, 3.05) is 5.73 Å². The number of hydrogen-bond acceptors (Lipinski definition) is 2. The molecular formula is C15H15FN2O. The SMILES string of the molecule is Cc1cccc(CNC(=O)c2cc(N)cc(F)c2)c1. The largest absolute Gasteiger partial charge is 0.399 e. The van der Waals surface area contributed by atoms with Gasteiger partial charge in [-0.15, -0.1) is 0 Å². The third kappa shape index (κ3) is 3.55. The molecule has 0 radical (unpaired) electrons. The third-order valence-corrected chi connectivity index (χ3v) is 2.72. The third-order valence-electron chi connectivity index (χ3n) is 2.72. The van der Waals surface area contributed by atoms with E-state index < -0.39 is 5.82 Å². The van der Waals surface area contributed by atoms with Crippen LogP contribution in [0.15, 0.2) is 42.5 Å². The number of rotatable bonds is 3. The van der Waals surface area contributed by atoms with E-state index in [-0.39, 0.29) is 17.2 Å². The van der Waals surface area contributed by atoms with Crippen LogP contribution >= 0.6 is 0 Å². The van der Waals surface area contributed by atoms with Crippen LogP contribution in [-0.2, 0) is 6.54 Å². The van der Waals surface area contributed by atoms with Crippen molar-refractivity contribution in [2.24, 2.45) is 0 Å². The predicted molar refractivity (Wildman–Crippen MR) is 73.2 cm³/mol. The summed E-state index contributed by atoms with van der Waals surface area (Å²) in [6, 6.07) is 11.6. The zero-order chi connectivity index (χ0) is 13.8. The van der Waals surface area contributed by atoms with E-state index in [0.29, 0.717) is 6.54 Å². The fraction of sp³-hybridized carbons (Fsp3) is 0.133. The van der Waals surface area contributed by atoms with Gasteiger partial charge in [0.15, 0.2) is 0 Å². The van der Waals surface area contributed by atoms with Crippen LogP contribution in [0.2, 0.25) is 0 Å². The van der Waals surface area contributed by atoms with Gasteiger partial charge in [0.25, 0.3) is 5.91 Å². The minimum Gasteiger partial charge on any atom is -0.399 e. The fourth-order valence-electron chi connectivity index (χ4n) is 1.85. The molecule has 0 heterocycles. The van der Waals surface area contributed by atoms with Crippen LogP contribution in [0.4, 0.5) is 10.1 Å². The van der Waals surface area contributed by atoms with Gasteiger partial charge in [0.1, 0.15) is 5.82 Å². The minimum absolute atomic E-state index is 0.227. The Bertz CT molecular complexity index is 591. The smallest absolute Gasteiger partial charge is 0.251 e. The molecule has 4 heteroatoms. The molecule has 2 rings (SSSR count). The van der Waals surface area contributed by atoms with Crippen molar-refractivity contribution >= 4 is 11.6 Å². The lowest BCUT2D eigenvalue weighted by Gasteiger charge is -2.07. The second-order valence-electron chi connectivity index (χ2n) is 4.44. The van der Waals surface area contributed by atoms with Crippen LogP contribution < -0.4 is 11.1 Å². The Labute approximate surface area is 111 Å². The standard InChI is InChI=1S/C15H15FN2O/c1-10-3-2-4-11(5-10)9-18-15(19)12-6-13(16)8-14(17)7-12/h2-8H,9,17H2,1H3,(H,18,19). The summed E-state index contributed by atoms with van der Waals surface area (Å²) in [4.78, 5) is 11.9. The molecule has 19 heavy (non-hydrogen) atoms. The van der Waals surface area contributed by atoms with Gasteiger partial charge in [0, 0.05) is 17.8 Å². The molecule has 0 saturated carbocycles. The van der Waals surface area contributed by atoms with E-state index in [1.54, 1.807) is 0 Å². The van der Waals surface area contributed by atoms with Crippen LogP contribution in [0.1, 0.15) is 21.5 Å². The van der Waals surface area contributed by atoms with Gasteiger partial charge in [-0.1, -0.05) is 29.8 Å². The highest BCUT2D eigenvalue weighted by Crippen LogP contribution is 2.11. The summed E-state index contributed by atoms with van der Waals surface area (Å²) >= 11 is 0. The Kier molecular flexibility index (Phi) is 3.80. The molecule has 2 aromatic carbocycles. The molecule has 98 valence electrons. The molecule has 0 spiro atoms. The second-order valence-corrected chi connectivity index (χ2v) is 4.44. The van der Waals surface area contributed by atoms with E-state index in [2.05, 4.69) is 5.32 Å². The summed E-state index contributed by atoms with van der Waals surface area (Å²) < 4.78 is 13.1. The van der Waals surface area contributed by atoms with Gasteiger partial charge < -0.3 is 11.1 Å². The predicted octanol–water partition coefficient (Wildman–Crippen LogP) is 2.65. The zero-order valence-electron chi connectivity index (χ0n) is 10.6. The highest BCUT2D eigenvalue weighted by molar-refractivity contribution is 5.95. The zero-order valence-corrected chi connectivity index (χ0v) is 10.6. The van der Waals surface area contributed by atoms with Crippen molar-refractivity contribution in [3.05, 3.63) is 65.0 Å². The molecule has 1 amide bonds. The maximum atomic E-state index is 13.1. The maximum absolute atomic E-state index is 13.1. The Morgan fingerprint density at radius 3 is 2.74 bits per heavy atom. The van der Waals surface area contributed by atoms with Crippen LogP contribution in [0.25, 0.3) is 0 Å². The maximum Gasteiger partial charge on any atom is 0.251 e. The van der Waals surface area contributed by atoms with Gasteiger partial charge in [-0.3, -0.25) is 4.79 Å². The highest BCUT2D eigenvalue weighted by atomic mass is 19.1. The van der Waals surface area contributed by atoms with Crippen LogP contribution in [0.5, 0.6) is 0 Å². The van der Waals surface area contributed by atoms with Crippen LogP contribution in [0, 0.1) is 12.7 Å². The highest BCUT2D eigenvalue weighted by Gasteiger charge is 2.07. The van der Waals surface area contributed by atoms with Crippen LogP contribution in [0.3, 0.4) is 0 Å². The number of nitrogens with two attached hydrogens (primary N) is 1. The molecule has 0 saturated heterocycles. The molecule has 0 aliphatic carbocycles. The van der Waals surface area contributed by atoms with Gasteiger partial charge in [0.05, 0.1) is 0 Å². The molecule has 0 aromatic heterocycles. The molecule has 3 N–H and O–H groups in total. The summed E-state index contributed by atoms with van der Waals surface area (Å²) in [5.41, 5.74) is 8.09.